The number of nitrogens with zero attached hydrogens (tertiary/aromatic N) is 2. The maximum absolute atomic E-state index is 13.4. The van der Waals surface area contributed by atoms with Gasteiger partial charge in [-0.25, -0.2) is 13.1 Å². The largest absolute Gasteiger partial charge is 0.372 e. The van der Waals surface area contributed by atoms with Crippen LogP contribution in [0.15, 0.2) is 41.8 Å². The molecule has 6 nitrogen and oxygen atoms in total. The summed E-state index contributed by atoms with van der Waals surface area (Å²) in [7, 11) is -1.92. The number of benzene rings is 1. The molecule has 1 aromatic heterocycles. The van der Waals surface area contributed by atoms with Crippen molar-refractivity contribution in [3.63, 3.8) is 0 Å². The molecule has 0 saturated carbocycles. The molecule has 0 bridgehead atoms. The SMILES string of the molecule is C=Cc1cc(C2CC(C)(S(=O)(=O)c3cccc(C)c3)CCO2)n(COC)n1. The lowest BCUT2D eigenvalue weighted by Crippen LogP contribution is -2.42. The standard InChI is InChI=1S/C20H26N2O4S/c1-5-16-12-18(22(21-16)14-25-4)19-13-20(3,9-10-26-19)27(23,24)17-8-6-7-15(2)11-17/h5-8,11-12,19H,1,9-10,13-14H2,2-4H3. The molecular formula is C20H26N2O4S. The predicted molar refractivity (Wildman–Crippen MR) is 104 cm³/mol. The molecular weight excluding hydrogens is 364 g/mol. The number of hydrogen-bond donors (Lipinski definition) is 0. The first-order valence-electron chi connectivity index (χ1n) is 8.93. The Morgan fingerprint density at radius 1 is 1.44 bits per heavy atom. The van der Waals surface area contributed by atoms with Crippen LogP contribution in [-0.4, -0.2) is 36.7 Å². The summed E-state index contributed by atoms with van der Waals surface area (Å²) in [6.07, 6.45) is 2.09. The zero-order valence-electron chi connectivity index (χ0n) is 16.0. The molecule has 146 valence electrons. The number of ether oxygens (including phenoxy) is 2. The van der Waals surface area contributed by atoms with Crippen LogP contribution in [0.5, 0.6) is 0 Å². The number of methoxy groups -OCH3 is 1. The lowest BCUT2D eigenvalue weighted by Gasteiger charge is -2.37. The molecule has 1 aliphatic heterocycles. The van der Waals surface area contributed by atoms with Gasteiger partial charge in [0.25, 0.3) is 0 Å². The highest BCUT2D eigenvalue weighted by Gasteiger charge is 2.45. The molecule has 2 atom stereocenters. The highest BCUT2D eigenvalue weighted by Crippen LogP contribution is 2.42. The second-order valence-electron chi connectivity index (χ2n) is 7.20. The molecule has 2 heterocycles. The van der Waals surface area contributed by atoms with Gasteiger partial charge in [0, 0.05) is 13.7 Å². The Balaban J connectivity index is 1.96. The second kappa shape index (κ2) is 7.58. The van der Waals surface area contributed by atoms with Gasteiger partial charge in [-0.15, -0.1) is 0 Å². The van der Waals surface area contributed by atoms with Gasteiger partial charge in [-0.3, -0.25) is 0 Å². The van der Waals surface area contributed by atoms with Crippen LogP contribution in [0.2, 0.25) is 0 Å². The molecule has 27 heavy (non-hydrogen) atoms. The number of rotatable bonds is 6. The van der Waals surface area contributed by atoms with Gasteiger partial charge in [0.05, 0.1) is 21.0 Å². The topological polar surface area (TPSA) is 70.4 Å². The number of hydrogen-bond acceptors (Lipinski definition) is 5. The molecule has 2 unspecified atom stereocenters. The van der Waals surface area contributed by atoms with E-state index in [1.54, 1.807) is 36.1 Å². The second-order valence-corrected chi connectivity index (χ2v) is 9.66. The highest BCUT2D eigenvalue weighted by molar-refractivity contribution is 7.92. The Labute approximate surface area is 160 Å². The lowest BCUT2D eigenvalue weighted by molar-refractivity contribution is -0.00918. The maximum atomic E-state index is 13.4. The van der Waals surface area contributed by atoms with Crippen LogP contribution < -0.4 is 0 Å². The van der Waals surface area contributed by atoms with Gasteiger partial charge < -0.3 is 9.47 Å². The molecule has 1 fully saturated rings. The van der Waals surface area contributed by atoms with E-state index in [0.717, 1.165) is 11.3 Å². The van der Waals surface area contributed by atoms with Crippen LogP contribution in [0.1, 0.15) is 42.8 Å². The van der Waals surface area contributed by atoms with Crippen molar-refractivity contribution in [3.8, 4) is 0 Å². The highest BCUT2D eigenvalue weighted by atomic mass is 32.2. The maximum Gasteiger partial charge on any atom is 0.184 e. The van der Waals surface area contributed by atoms with Crippen LogP contribution in [0.4, 0.5) is 0 Å². The van der Waals surface area contributed by atoms with Crippen molar-refractivity contribution >= 4 is 15.9 Å². The average molecular weight is 391 g/mol. The molecule has 1 aliphatic rings. The first-order chi connectivity index (χ1) is 12.8. The number of aryl methyl sites for hydroxylation is 1. The Bertz CT molecular complexity index is 935. The summed E-state index contributed by atoms with van der Waals surface area (Å²) in [6, 6.07) is 8.96. The van der Waals surface area contributed by atoms with E-state index in [1.165, 1.54) is 0 Å². The van der Waals surface area contributed by atoms with Gasteiger partial charge >= 0.3 is 0 Å². The molecule has 0 amide bonds. The van der Waals surface area contributed by atoms with Gasteiger partial charge in [-0.05, 0) is 56.5 Å². The third-order valence-corrected chi connectivity index (χ3v) is 7.68. The van der Waals surface area contributed by atoms with E-state index in [2.05, 4.69) is 11.7 Å². The van der Waals surface area contributed by atoms with E-state index in [1.807, 2.05) is 26.0 Å². The van der Waals surface area contributed by atoms with Crippen molar-refractivity contribution in [2.24, 2.45) is 0 Å². The zero-order valence-corrected chi connectivity index (χ0v) is 16.8. The van der Waals surface area contributed by atoms with Crippen molar-refractivity contribution in [1.29, 1.82) is 0 Å². The Hall–Kier alpha value is -1.96. The van der Waals surface area contributed by atoms with Crippen molar-refractivity contribution in [1.82, 2.24) is 9.78 Å². The zero-order chi connectivity index (χ0) is 19.7. The molecule has 0 spiro atoms. The third-order valence-electron chi connectivity index (χ3n) is 5.14. The van der Waals surface area contributed by atoms with Gasteiger partial charge in [-0.1, -0.05) is 18.7 Å². The van der Waals surface area contributed by atoms with Gasteiger partial charge in [0.2, 0.25) is 0 Å². The van der Waals surface area contributed by atoms with E-state index < -0.39 is 14.6 Å². The van der Waals surface area contributed by atoms with Crippen LogP contribution >= 0.6 is 0 Å². The van der Waals surface area contributed by atoms with E-state index >= 15 is 0 Å². The van der Waals surface area contributed by atoms with E-state index in [9.17, 15) is 8.42 Å². The van der Waals surface area contributed by atoms with Crippen LogP contribution in [0, 0.1) is 6.92 Å². The van der Waals surface area contributed by atoms with Crippen molar-refractivity contribution in [2.75, 3.05) is 13.7 Å². The van der Waals surface area contributed by atoms with Gasteiger partial charge in [0.15, 0.2) is 9.84 Å². The van der Waals surface area contributed by atoms with E-state index in [-0.39, 0.29) is 12.8 Å². The number of sulfone groups is 1. The fraction of sp³-hybridized carbons (Fsp3) is 0.450. The summed E-state index contributed by atoms with van der Waals surface area (Å²) in [6.45, 7) is 8.10. The summed E-state index contributed by atoms with van der Waals surface area (Å²) in [5.41, 5.74) is 2.44. The molecule has 0 radical (unpaired) electrons. The van der Waals surface area contributed by atoms with Crippen LogP contribution in [0.3, 0.4) is 0 Å². The fourth-order valence-electron chi connectivity index (χ4n) is 3.51. The Kier molecular flexibility index (Phi) is 5.55. The minimum Gasteiger partial charge on any atom is -0.372 e. The molecule has 1 aromatic carbocycles. The first-order valence-corrected chi connectivity index (χ1v) is 10.4. The molecule has 2 aromatic rings. The summed E-state index contributed by atoms with van der Waals surface area (Å²) in [5.74, 6) is 0. The molecule has 7 heteroatoms. The van der Waals surface area contributed by atoms with Crippen LogP contribution in [0.25, 0.3) is 6.08 Å². The summed E-state index contributed by atoms with van der Waals surface area (Å²) in [4.78, 5) is 0.364. The first kappa shape index (κ1) is 19.8. The molecule has 0 N–H and O–H groups in total. The van der Waals surface area contributed by atoms with E-state index in [4.69, 9.17) is 9.47 Å². The van der Waals surface area contributed by atoms with Gasteiger partial charge in [0.1, 0.15) is 12.8 Å². The smallest absolute Gasteiger partial charge is 0.184 e. The lowest BCUT2D eigenvalue weighted by atomic mass is 9.94. The predicted octanol–water partition coefficient (Wildman–Crippen LogP) is 3.52. The summed E-state index contributed by atoms with van der Waals surface area (Å²) >= 11 is 0. The Morgan fingerprint density at radius 2 is 2.22 bits per heavy atom. The fourth-order valence-corrected chi connectivity index (χ4v) is 5.40. The molecule has 3 rings (SSSR count). The Morgan fingerprint density at radius 3 is 2.89 bits per heavy atom. The minimum absolute atomic E-state index is 0.268. The number of aromatic nitrogens is 2. The molecule has 1 saturated heterocycles. The monoisotopic (exact) mass is 390 g/mol. The van der Waals surface area contributed by atoms with Crippen molar-refractivity contribution in [2.45, 2.75) is 49.2 Å². The summed E-state index contributed by atoms with van der Waals surface area (Å²) < 4.78 is 38.7. The van der Waals surface area contributed by atoms with E-state index in [0.29, 0.717) is 30.0 Å². The van der Waals surface area contributed by atoms with Crippen LogP contribution in [-0.2, 0) is 26.0 Å². The normalized spacial score (nSPS) is 23.3. The summed E-state index contributed by atoms with van der Waals surface area (Å²) in [5, 5.41) is 4.42. The minimum atomic E-state index is -3.51. The molecule has 0 aliphatic carbocycles. The van der Waals surface area contributed by atoms with Crippen molar-refractivity contribution < 1.29 is 17.9 Å². The quantitative estimate of drug-likeness (QED) is 0.755. The van der Waals surface area contributed by atoms with Crippen molar-refractivity contribution in [3.05, 3.63) is 53.9 Å². The third kappa shape index (κ3) is 3.72. The average Bonchev–Trinajstić information content (AvgIpc) is 3.05. The van der Waals surface area contributed by atoms with Gasteiger partial charge in [-0.2, -0.15) is 5.10 Å².